The molecule has 1 atom stereocenters. The second kappa shape index (κ2) is 6.67. The van der Waals surface area contributed by atoms with Crippen LogP contribution in [0.15, 0.2) is 43.0 Å². The molecule has 19 heavy (non-hydrogen) atoms. The lowest BCUT2D eigenvalue weighted by atomic mass is 9.98. The first-order valence-electron chi connectivity index (χ1n) is 5.53. The number of amides is 1. The molecule has 0 aliphatic rings. The quantitative estimate of drug-likeness (QED) is 0.297. The van der Waals surface area contributed by atoms with Gasteiger partial charge in [0.2, 0.25) is 5.60 Å². The summed E-state index contributed by atoms with van der Waals surface area (Å²) in [5.41, 5.74) is -0.161. The number of aliphatic carboxylic acids is 1. The van der Waals surface area contributed by atoms with Crippen molar-refractivity contribution in [3.63, 3.8) is 0 Å². The maximum absolute atomic E-state index is 11.6. The highest BCUT2D eigenvalue weighted by atomic mass is 16.5. The number of hydrogen-bond acceptors (Lipinski definition) is 4. The van der Waals surface area contributed by atoms with Gasteiger partial charge in [-0.2, -0.15) is 0 Å². The predicted molar refractivity (Wildman–Crippen MR) is 66.3 cm³/mol. The summed E-state index contributed by atoms with van der Waals surface area (Å²) in [7, 11) is 0. The zero-order valence-corrected chi connectivity index (χ0v) is 10.2. The number of hydrogen-bond donors (Lipinski definition) is 3. The Hall–Kier alpha value is -2.18. The van der Waals surface area contributed by atoms with Gasteiger partial charge in [0.05, 0.1) is 6.61 Å². The molecule has 0 radical (unpaired) electrons. The Morgan fingerprint density at radius 2 is 2.00 bits per heavy atom. The number of carboxylic acid groups (broad SMARTS) is 1. The van der Waals surface area contributed by atoms with Crippen LogP contribution in [0.2, 0.25) is 0 Å². The van der Waals surface area contributed by atoms with Gasteiger partial charge in [-0.25, -0.2) is 10.3 Å². The number of benzene rings is 1. The molecule has 0 bridgehead atoms. The SMILES string of the molecule is C=CC[C@@](OCc1ccccc1)(C(=O)O)C(=O)NO. The van der Waals surface area contributed by atoms with Gasteiger partial charge in [-0.1, -0.05) is 36.4 Å². The summed E-state index contributed by atoms with van der Waals surface area (Å²) in [4.78, 5) is 22.9. The highest BCUT2D eigenvalue weighted by Crippen LogP contribution is 2.20. The molecule has 1 aromatic rings. The molecule has 0 aliphatic carbocycles. The van der Waals surface area contributed by atoms with Crippen molar-refractivity contribution in [2.75, 3.05) is 0 Å². The molecule has 102 valence electrons. The molecule has 0 heterocycles. The normalized spacial score (nSPS) is 13.3. The average molecular weight is 265 g/mol. The van der Waals surface area contributed by atoms with Crippen molar-refractivity contribution in [2.24, 2.45) is 0 Å². The van der Waals surface area contributed by atoms with Gasteiger partial charge < -0.3 is 9.84 Å². The topological polar surface area (TPSA) is 95.9 Å². The second-order valence-electron chi connectivity index (χ2n) is 3.84. The van der Waals surface area contributed by atoms with Gasteiger partial charge in [0.15, 0.2) is 0 Å². The van der Waals surface area contributed by atoms with E-state index < -0.39 is 17.5 Å². The molecule has 0 saturated carbocycles. The highest BCUT2D eigenvalue weighted by Gasteiger charge is 2.46. The summed E-state index contributed by atoms with van der Waals surface area (Å²) in [6.07, 6.45) is 0.982. The van der Waals surface area contributed by atoms with Crippen LogP contribution in [0.5, 0.6) is 0 Å². The van der Waals surface area contributed by atoms with Crippen molar-refractivity contribution in [3.05, 3.63) is 48.6 Å². The van der Waals surface area contributed by atoms with Gasteiger partial charge in [-0.3, -0.25) is 10.0 Å². The smallest absolute Gasteiger partial charge is 0.346 e. The fourth-order valence-corrected chi connectivity index (χ4v) is 1.54. The maximum Gasteiger partial charge on any atom is 0.346 e. The van der Waals surface area contributed by atoms with Crippen LogP contribution < -0.4 is 5.48 Å². The van der Waals surface area contributed by atoms with E-state index in [1.165, 1.54) is 11.6 Å². The van der Waals surface area contributed by atoms with Crippen molar-refractivity contribution in [1.82, 2.24) is 5.48 Å². The molecule has 0 fully saturated rings. The van der Waals surface area contributed by atoms with Gasteiger partial charge in [0, 0.05) is 6.42 Å². The van der Waals surface area contributed by atoms with Crippen molar-refractivity contribution in [1.29, 1.82) is 0 Å². The van der Waals surface area contributed by atoms with Gasteiger partial charge in [-0.05, 0) is 5.56 Å². The molecule has 0 aliphatic heterocycles. The molecular weight excluding hydrogens is 250 g/mol. The van der Waals surface area contributed by atoms with Gasteiger partial charge in [0.1, 0.15) is 0 Å². The molecule has 0 aromatic heterocycles. The monoisotopic (exact) mass is 265 g/mol. The van der Waals surface area contributed by atoms with Crippen LogP contribution in [0.1, 0.15) is 12.0 Å². The molecule has 1 rings (SSSR count). The minimum atomic E-state index is -2.19. The fraction of sp³-hybridized carbons (Fsp3) is 0.231. The Morgan fingerprint density at radius 1 is 1.37 bits per heavy atom. The van der Waals surface area contributed by atoms with E-state index in [-0.39, 0.29) is 13.0 Å². The third-order valence-corrected chi connectivity index (χ3v) is 2.57. The Kier molecular flexibility index (Phi) is 5.23. The summed E-state index contributed by atoms with van der Waals surface area (Å²) in [5.74, 6) is -2.63. The van der Waals surface area contributed by atoms with E-state index in [4.69, 9.17) is 9.94 Å². The third kappa shape index (κ3) is 3.40. The fourth-order valence-electron chi connectivity index (χ4n) is 1.54. The van der Waals surface area contributed by atoms with E-state index in [9.17, 15) is 14.7 Å². The van der Waals surface area contributed by atoms with Crippen LogP contribution in [0.4, 0.5) is 0 Å². The van der Waals surface area contributed by atoms with E-state index in [1.54, 1.807) is 30.3 Å². The number of carbonyl (C=O) groups excluding carboxylic acids is 1. The molecule has 0 unspecified atom stereocenters. The number of carboxylic acids is 1. The van der Waals surface area contributed by atoms with Crippen LogP contribution >= 0.6 is 0 Å². The number of ether oxygens (including phenoxy) is 1. The number of rotatable bonds is 7. The van der Waals surface area contributed by atoms with Crippen LogP contribution in [0.25, 0.3) is 0 Å². The van der Waals surface area contributed by atoms with Crippen molar-refractivity contribution in [2.45, 2.75) is 18.6 Å². The number of hydroxylamine groups is 1. The van der Waals surface area contributed by atoms with E-state index in [1.807, 2.05) is 0 Å². The van der Waals surface area contributed by atoms with Crippen molar-refractivity contribution < 1.29 is 24.6 Å². The molecule has 1 aromatic carbocycles. The Morgan fingerprint density at radius 3 is 2.47 bits per heavy atom. The van der Waals surface area contributed by atoms with Gasteiger partial charge in [0.25, 0.3) is 5.91 Å². The predicted octanol–water partition coefficient (Wildman–Crippen LogP) is 1.11. The molecular formula is C13H15NO5. The zero-order chi connectivity index (χ0) is 14.3. The summed E-state index contributed by atoms with van der Waals surface area (Å²) in [6, 6.07) is 8.80. The highest BCUT2D eigenvalue weighted by molar-refractivity contribution is 6.05. The van der Waals surface area contributed by atoms with E-state index in [0.717, 1.165) is 0 Å². The van der Waals surface area contributed by atoms with Gasteiger partial charge in [-0.15, -0.1) is 6.58 Å². The van der Waals surface area contributed by atoms with Crippen LogP contribution in [0, 0.1) is 0 Å². The van der Waals surface area contributed by atoms with E-state index in [0.29, 0.717) is 5.56 Å². The Labute approximate surface area is 110 Å². The first kappa shape index (κ1) is 14.9. The average Bonchev–Trinajstić information content (AvgIpc) is 2.43. The lowest BCUT2D eigenvalue weighted by molar-refractivity contribution is -0.179. The molecule has 0 spiro atoms. The summed E-state index contributed by atoms with van der Waals surface area (Å²) in [5, 5.41) is 17.9. The molecule has 6 nitrogen and oxygen atoms in total. The van der Waals surface area contributed by atoms with Gasteiger partial charge >= 0.3 is 5.97 Å². The number of carbonyl (C=O) groups is 2. The Bertz CT molecular complexity index is 459. The van der Waals surface area contributed by atoms with Crippen LogP contribution in [-0.2, 0) is 20.9 Å². The van der Waals surface area contributed by atoms with E-state index >= 15 is 0 Å². The lowest BCUT2D eigenvalue weighted by Gasteiger charge is -2.26. The first-order valence-corrected chi connectivity index (χ1v) is 5.53. The van der Waals surface area contributed by atoms with E-state index in [2.05, 4.69) is 6.58 Å². The lowest BCUT2D eigenvalue weighted by Crippen LogP contribution is -2.53. The standard InChI is InChI=1S/C13H15NO5/c1-2-8-13(12(16)17,11(15)14-18)19-9-10-6-4-3-5-7-10/h2-7,18H,1,8-9H2,(H,14,15)(H,16,17)/t13-/m0/s1. The third-order valence-electron chi connectivity index (χ3n) is 2.57. The minimum Gasteiger partial charge on any atom is -0.479 e. The summed E-state index contributed by atoms with van der Waals surface area (Å²) < 4.78 is 5.23. The zero-order valence-electron chi connectivity index (χ0n) is 10.2. The molecule has 3 N–H and O–H groups in total. The summed E-state index contributed by atoms with van der Waals surface area (Å²) in [6.45, 7) is 3.32. The Balaban J connectivity index is 2.93. The van der Waals surface area contributed by atoms with Crippen LogP contribution in [-0.4, -0.2) is 27.8 Å². The van der Waals surface area contributed by atoms with Crippen molar-refractivity contribution >= 4 is 11.9 Å². The molecule has 1 amide bonds. The first-order chi connectivity index (χ1) is 9.06. The van der Waals surface area contributed by atoms with Crippen LogP contribution in [0.3, 0.4) is 0 Å². The summed E-state index contributed by atoms with van der Waals surface area (Å²) >= 11 is 0. The molecule has 6 heteroatoms. The second-order valence-corrected chi connectivity index (χ2v) is 3.84. The minimum absolute atomic E-state index is 0.0750. The largest absolute Gasteiger partial charge is 0.479 e. The maximum atomic E-state index is 11.6. The number of nitrogens with one attached hydrogen (secondary N) is 1. The van der Waals surface area contributed by atoms with Crippen molar-refractivity contribution in [3.8, 4) is 0 Å². The molecule has 0 saturated heterocycles.